The van der Waals surface area contributed by atoms with Crippen molar-refractivity contribution in [3.05, 3.63) is 35.9 Å². The largest absolute Gasteiger partial charge is 0.386 e. The molecule has 1 heterocycles. The highest BCUT2D eigenvalue weighted by Crippen LogP contribution is 2.43. The molecule has 1 N–H and O–H groups in total. The van der Waals surface area contributed by atoms with Crippen LogP contribution in [0.15, 0.2) is 30.3 Å². The van der Waals surface area contributed by atoms with Gasteiger partial charge in [0.15, 0.2) is 0 Å². The summed E-state index contributed by atoms with van der Waals surface area (Å²) in [6, 6.07) is 9.63. The molecule has 1 fully saturated rings. The minimum atomic E-state index is -0.490. The molecule has 0 bridgehead atoms. The first-order valence-electron chi connectivity index (χ1n) is 4.52. The highest BCUT2D eigenvalue weighted by atomic mass is 16.6. The Morgan fingerprint density at radius 1 is 1.31 bits per heavy atom. The molecule has 1 aromatic carbocycles. The van der Waals surface area contributed by atoms with Crippen LogP contribution in [-0.4, -0.2) is 16.8 Å². The average Bonchev–Trinajstić information content (AvgIpc) is 2.76. The zero-order valence-electron chi connectivity index (χ0n) is 7.90. The quantitative estimate of drug-likeness (QED) is 0.701. The van der Waals surface area contributed by atoms with Crippen LogP contribution in [0.1, 0.15) is 25.5 Å². The minimum Gasteiger partial charge on any atom is -0.386 e. The van der Waals surface area contributed by atoms with E-state index in [1.165, 1.54) is 0 Å². The van der Waals surface area contributed by atoms with Gasteiger partial charge in [0, 0.05) is 0 Å². The molecule has 70 valence electrons. The zero-order chi connectivity index (χ0) is 9.47. The Morgan fingerprint density at radius 2 is 1.85 bits per heavy atom. The monoisotopic (exact) mass is 178 g/mol. The van der Waals surface area contributed by atoms with E-state index in [4.69, 9.17) is 4.74 Å². The van der Waals surface area contributed by atoms with Crippen molar-refractivity contribution in [1.82, 2.24) is 0 Å². The molecule has 0 spiro atoms. The van der Waals surface area contributed by atoms with Crippen LogP contribution in [0.5, 0.6) is 0 Å². The molecule has 1 saturated heterocycles. The van der Waals surface area contributed by atoms with Crippen LogP contribution in [0.4, 0.5) is 0 Å². The summed E-state index contributed by atoms with van der Waals surface area (Å²) in [5, 5.41) is 9.87. The van der Waals surface area contributed by atoms with Crippen LogP contribution in [0.3, 0.4) is 0 Å². The number of benzene rings is 1. The number of rotatable bonds is 2. The number of aliphatic hydroxyl groups is 1. The van der Waals surface area contributed by atoms with E-state index >= 15 is 0 Å². The lowest BCUT2D eigenvalue weighted by Crippen LogP contribution is -2.12. The van der Waals surface area contributed by atoms with Crippen molar-refractivity contribution >= 4 is 0 Å². The fourth-order valence-corrected chi connectivity index (χ4v) is 1.56. The summed E-state index contributed by atoms with van der Waals surface area (Å²) in [7, 11) is 0. The highest BCUT2D eigenvalue weighted by Gasteiger charge is 2.52. The van der Waals surface area contributed by atoms with E-state index in [1.54, 1.807) is 0 Å². The zero-order valence-corrected chi connectivity index (χ0v) is 7.90. The Hall–Kier alpha value is -0.860. The second kappa shape index (κ2) is 2.82. The topological polar surface area (TPSA) is 32.8 Å². The van der Waals surface area contributed by atoms with Gasteiger partial charge >= 0.3 is 0 Å². The number of hydrogen-bond acceptors (Lipinski definition) is 2. The first kappa shape index (κ1) is 8.73. The maximum Gasteiger partial charge on any atom is 0.117 e. The minimum absolute atomic E-state index is 0.0464. The van der Waals surface area contributed by atoms with E-state index in [9.17, 15) is 5.11 Å². The number of hydrogen-bond donors (Lipinski definition) is 1. The fraction of sp³-hybridized carbons (Fsp3) is 0.455. The molecule has 1 aliphatic rings. The second-order valence-electron chi connectivity index (χ2n) is 4.00. The Morgan fingerprint density at radius 3 is 2.31 bits per heavy atom. The van der Waals surface area contributed by atoms with Gasteiger partial charge in [-0.2, -0.15) is 0 Å². The van der Waals surface area contributed by atoms with Crippen molar-refractivity contribution in [2.24, 2.45) is 0 Å². The van der Waals surface area contributed by atoms with Gasteiger partial charge in [0.25, 0.3) is 0 Å². The summed E-state index contributed by atoms with van der Waals surface area (Å²) < 4.78 is 5.37. The molecule has 0 aromatic heterocycles. The van der Waals surface area contributed by atoms with E-state index < -0.39 is 6.10 Å². The number of ether oxygens (including phenoxy) is 1. The van der Waals surface area contributed by atoms with Gasteiger partial charge in [-0.3, -0.25) is 0 Å². The van der Waals surface area contributed by atoms with Gasteiger partial charge in [-0.05, 0) is 19.4 Å². The molecule has 2 rings (SSSR count). The van der Waals surface area contributed by atoms with Crippen LogP contribution in [0.2, 0.25) is 0 Å². The molecule has 1 aliphatic heterocycles. The van der Waals surface area contributed by atoms with Crippen molar-refractivity contribution in [2.45, 2.75) is 31.7 Å². The normalized spacial score (nSPS) is 26.8. The van der Waals surface area contributed by atoms with Crippen molar-refractivity contribution in [1.29, 1.82) is 0 Å². The maximum absolute atomic E-state index is 9.87. The van der Waals surface area contributed by atoms with E-state index in [1.807, 2.05) is 44.2 Å². The van der Waals surface area contributed by atoms with Crippen molar-refractivity contribution in [3.8, 4) is 0 Å². The van der Waals surface area contributed by atoms with Gasteiger partial charge in [0.05, 0.1) is 5.60 Å². The van der Waals surface area contributed by atoms with Crippen LogP contribution >= 0.6 is 0 Å². The molecule has 2 nitrogen and oxygen atoms in total. The van der Waals surface area contributed by atoms with Gasteiger partial charge in [-0.25, -0.2) is 0 Å². The smallest absolute Gasteiger partial charge is 0.117 e. The predicted octanol–water partition coefficient (Wildman–Crippen LogP) is 1.90. The van der Waals surface area contributed by atoms with Gasteiger partial charge in [-0.1, -0.05) is 30.3 Å². The summed E-state index contributed by atoms with van der Waals surface area (Å²) in [5.41, 5.74) is 0.771. The Bertz CT molecular complexity index is 292. The van der Waals surface area contributed by atoms with Crippen LogP contribution in [-0.2, 0) is 4.74 Å². The third-order valence-corrected chi connectivity index (χ3v) is 2.49. The fourth-order valence-electron chi connectivity index (χ4n) is 1.56. The van der Waals surface area contributed by atoms with Gasteiger partial charge in [-0.15, -0.1) is 0 Å². The molecule has 2 unspecified atom stereocenters. The second-order valence-corrected chi connectivity index (χ2v) is 4.00. The van der Waals surface area contributed by atoms with Crippen LogP contribution in [0, 0.1) is 0 Å². The van der Waals surface area contributed by atoms with Gasteiger partial charge in [0.2, 0.25) is 0 Å². The summed E-state index contributed by atoms with van der Waals surface area (Å²) >= 11 is 0. The average molecular weight is 178 g/mol. The van der Waals surface area contributed by atoms with E-state index in [-0.39, 0.29) is 11.7 Å². The SMILES string of the molecule is CC1(C)OC1C(O)c1ccccc1. The van der Waals surface area contributed by atoms with E-state index in [2.05, 4.69) is 0 Å². The lowest BCUT2D eigenvalue weighted by Gasteiger charge is -2.08. The summed E-state index contributed by atoms with van der Waals surface area (Å²) in [4.78, 5) is 0. The van der Waals surface area contributed by atoms with Crippen LogP contribution in [0.25, 0.3) is 0 Å². The molecule has 0 saturated carbocycles. The van der Waals surface area contributed by atoms with Gasteiger partial charge < -0.3 is 9.84 Å². The standard InChI is InChI=1S/C11H14O2/c1-11(2)10(13-11)9(12)8-6-4-3-5-7-8/h3-7,9-10,12H,1-2H3. The first-order valence-corrected chi connectivity index (χ1v) is 4.52. The molecule has 2 heteroatoms. The molecule has 0 radical (unpaired) electrons. The Labute approximate surface area is 78.2 Å². The number of epoxide rings is 1. The van der Waals surface area contributed by atoms with Crippen molar-refractivity contribution < 1.29 is 9.84 Å². The molecular weight excluding hydrogens is 164 g/mol. The Kier molecular flexibility index (Phi) is 1.90. The van der Waals surface area contributed by atoms with Crippen molar-refractivity contribution in [3.63, 3.8) is 0 Å². The number of aliphatic hydroxyl groups excluding tert-OH is 1. The van der Waals surface area contributed by atoms with E-state index in [0.29, 0.717) is 0 Å². The summed E-state index contributed by atoms with van der Waals surface area (Å²) in [6.07, 6.45) is -0.536. The molecule has 2 atom stereocenters. The first-order chi connectivity index (χ1) is 6.11. The molecular formula is C11H14O2. The third kappa shape index (κ3) is 1.60. The summed E-state index contributed by atoms with van der Waals surface area (Å²) in [5.74, 6) is 0. The molecule has 0 amide bonds. The van der Waals surface area contributed by atoms with Crippen LogP contribution < -0.4 is 0 Å². The lowest BCUT2D eigenvalue weighted by atomic mass is 10.00. The highest BCUT2D eigenvalue weighted by molar-refractivity contribution is 5.21. The van der Waals surface area contributed by atoms with Gasteiger partial charge in [0.1, 0.15) is 12.2 Å². The molecule has 13 heavy (non-hydrogen) atoms. The van der Waals surface area contributed by atoms with E-state index in [0.717, 1.165) is 5.56 Å². The maximum atomic E-state index is 9.87. The summed E-state index contributed by atoms with van der Waals surface area (Å²) in [6.45, 7) is 3.98. The third-order valence-electron chi connectivity index (χ3n) is 2.49. The molecule has 0 aliphatic carbocycles. The lowest BCUT2D eigenvalue weighted by molar-refractivity contribution is 0.136. The Balaban J connectivity index is 2.12. The molecule has 1 aromatic rings. The predicted molar refractivity (Wildman–Crippen MR) is 50.4 cm³/mol. The van der Waals surface area contributed by atoms with Crippen molar-refractivity contribution in [2.75, 3.05) is 0 Å².